The minimum atomic E-state index is -3.81. The molecule has 0 atom stereocenters. The molecule has 0 radical (unpaired) electrons. The zero-order chi connectivity index (χ0) is 37.7. The van der Waals surface area contributed by atoms with Gasteiger partial charge in [-0.2, -0.15) is 13.2 Å². The third-order valence-electron chi connectivity index (χ3n) is 10.6. The molecular formula is C41H54F8O3. The average molecular weight is 747 g/mol. The molecule has 0 aliphatic heterocycles. The zero-order valence-corrected chi connectivity index (χ0v) is 30.5. The molecule has 0 N–H and O–H groups in total. The summed E-state index contributed by atoms with van der Waals surface area (Å²) in [6.07, 6.45) is 16.1. The van der Waals surface area contributed by atoms with E-state index in [-0.39, 0.29) is 18.3 Å². The summed E-state index contributed by atoms with van der Waals surface area (Å²) in [5, 5.41) is 0. The molecule has 0 aromatic heterocycles. The van der Waals surface area contributed by atoms with Gasteiger partial charge >= 0.3 is 0 Å². The van der Waals surface area contributed by atoms with E-state index in [4.69, 9.17) is 14.2 Å². The van der Waals surface area contributed by atoms with E-state index in [1.807, 2.05) is 6.92 Å². The van der Waals surface area contributed by atoms with E-state index < -0.39 is 84.1 Å². The second kappa shape index (κ2) is 19.9. The summed E-state index contributed by atoms with van der Waals surface area (Å²) < 4.78 is 133. The van der Waals surface area contributed by atoms with Crippen molar-refractivity contribution in [2.45, 2.75) is 128 Å². The Morgan fingerprint density at radius 2 is 1.13 bits per heavy atom. The van der Waals surface area contributed by atoms with Crippen LogP contribution in [0.15, 0.2) is 36.4 Å². The van der Waals surface area contributed by atoms with Gasteiger partial charge in [0.2, 0.25) is 17.5 Å². The zero-order valence-electron chi connectivity index (χ0n) is 30.5. The Labute approximate surface area is 303 Å². The van der Waals surface area contributed by atoms with Gasteiger partial charge in [-0.25, -0.2) is 22.0 Å². The minimum Gasteiger partial charge on any atom is -0.490 e. The summed E-state index contributed by atoms with van der Waals surface area (Å²) in [4.78, 5) is 0. The molecule has 2 aromatic carbocycles. The number of ether oxygens (including phenoxy) is 3. The Kier molecular flexibility index (Phi) is 16.0. The van der Waals surface area contributed by atoms with E-state index >= 15 is 8.78 Å². The molecule has 0 saturated heterocycles. The number of halogens is 8. The van der Waals surface area contributed by atoms with Crippen LogP contribution in [0.2, 0.25) is 0 Å². The first-order valence-electron chi connectivity index (χ1n) is 19.1. The lowest BCUT2D eigenvalue weighted by Crippen LogP contribution is -2.33. The van der Waals surface area contributed by atoms with E-state index in [0.29, 0.717) is 38.0 Å². The predicted molar refractivity (Wildman–Crippen MR) is 187 cm³/mol. The van der Waals surface area contributed by atoms with E-state index in [1.165, 1.54) is 51.4 Å². The molecule has 3 nitrogen and oxygen atoms in total. The summed E-state index contributed by atoms with van der Waals surface area (Å²) in [5.41, 5.74) is -0.726. The quantitative estimate of drug-likeness (QED) is 0.0767. The number of benzene rings is 2. The fraction of sp³-hybridized carbons (Fsp3) is 0.659. The van der Waals surface area contributed by atoms with E-state index in [0.717, 1.165) is 36.6 Å². The van der Waals surface area contributed by atoms with Gasteiger partial charge in [0.05, 0.1) is 13.2 Å². The van der Waals surface area contributed by atoms with Gasteiger partial charge in [0, 0.05) is 18.8 Å². The van der Waals surface area contributed by atoms with Crippen molar-refractivity contribution in [2.75, 3.05) is 19.8 Å². The molecule has 2 saturated carbocycles. The highest BCUT2D eigenvalue weighted by Crippen LogP contribution is 2.42. The molecule has 2 aliphatic rings. The normalized spacial score (nSPS) is 21.4. The second-order valence-electron chi connectivity index (χ2n) is 14.7. The third kappa shape index (κ3) is 12.3. The van der Waals surface area contributed by atoms with Crippen molar-refractivity contribution in [1.29, 1.82) is 0 Å². The highest BCUT2D eigenvalue weighted by Gasteiger charge is 2.41. The van der Waals surface area contributed by atoms with Gasteiger partial charge in [0.25, 0.3) is 11.8 Å². The number of allylic oxidation sites excluding steroid dienone is 2. The molecule has 292 valence electrons. The maximum absolute atomic E-state index is 15.1. The first-order chi connectivity index (χ1) is 24.8. The average Bonchev–Trinajstić information content (AvgIpc) is 3.12. The molecule has 0 unspecified atom stereocenters. The highest BCUT2D eigenvalue weighted by atomic mass is 19.3. The van der Waals surface area contributed by atoms with Gasteiger partial charge in [-0.3, -0.25) is 0 Å². The Hall–Kier alpha value is -2.98. The van der Waals surface area contributed by atoms with Crippen LogP contribution in [0, 0.1) is 46.9 Å². The van der Waals surface area contributed by atoms with Gasteiger partial charge in [0.1, 0.15) is 0 Å². The first-order valence-corrected chi connectivity index (χ1v) is 19.1. The molecule has 2 aliphatic carbocycles. The largest absolute Gasteiger partial charge is 0.490 e. The van der Waals surface area contributed by atoms with Crippen molar-refractivity contribution in [3.63, 3.8) is 0 Å². The molecule has 52 heavy (non-hydrogen) atoms. The Morgan fingerprint density at radius 3 is 1.73 bits per heavy atom. The molecule has 4 rings (SSSR count). The van der Waals surface area contributed by atoms with Crippen LogP contribution in [0.1, 0.15) is 116 Å². The molecule has 0 bridgehead atoms. The monoisotopic (exact) mass is 746 g/mol. The molecule has 2 fully saturated rings. The summed E-state index contributed by atoms with van der Waals surface area (Å²) in [6.45, 7) is 2.21. The lowest BCUT2D eigenvalue weighted by atomic mass is 9.76. The van der Waals surface area contributed by atoms with Gasteiger partial charge < -0.3 is 14.2 Å². The molecule has 0 amide bonds. The fourth-order valence-electron chi connectivity index (χ4n) is 7.30. The minimum absolute atomic E-state index is 0.141. The van der Waals surface area contributed by atoms with Gasteiger partial charge in [0.15, 0.2) is 29.7 Å². The molecule has 2 aromatic rings. The van der Waals surface area contributed by atoms with Crippen LogP contribution >= 0.6 is 0 Å². The van der Waals surface area contributed by atoms with Gasteiger partial charge in [-0.15, -0.1) is 0 Å². The number of unbranched alkanes of at least 4 members (excludes halogenated alkanes) is 3. The van der Waals surface area contributed by atoms with Crippen LogP contribution in [0.25, 0.3) is 0 Å². The van der Waals surface area contributed by atoms with Crippen molar-refractivity contribution < 1.29 is 49.3 Å². The van der Waals surface area contributed by atoms with Crippen LogP contribution in [0.3, 0.4) is 0 Å². The number of hydrogen-bond donors (Lipinski definition) is 0. The molecular weight excluding hydrogens is 692 g/mol. The van der Waals surface area contributed by atoms with E-state index in [9.17, 15) is 26.3 Å². The van der Waals surface area contributed by atoms with Crippen LogP contribution < -0.4 is 14.2 Å². The third-order valence-corrected chi connectivity index (χ3v) is 10.6. The summed E-state index contributed by atoms with van der Waals surface area (Å²) in [5.74, 6) is -14.0. The fourth-order valence-corrected chi connectivity index (χ4v) is 7.30. The number of hydrogen-bond acceptors (Lipinski definition) is 3. The molecule has 0 heterocycles. The van der Waals surface area contributed by atoms with Gasteiger partial charge in [-0.1, -0.05) is 64.2 Å². The molecule has 11 heteroatoms. The standard InChI is InChI=1S/C41H54F8O3/c1-3-5-7-8-28-9-11-29(12-10-28)13-14-30-15-18-32(19-16-30)41(48,49)23-25-51-33-20-17-31(36(42)37(33)43)26-40(46,47)27-52-35-22-21-34(38(44)39(35)45)50-24-6-4-2/h13-14,17,20-22,28-30,32H,3-12,15-16,18-19,23-27H2,1-2H3/b14-13+. The van der Waals surface area contributed by atoms with Crippen molar-refractivity contribution in [3.8, 4) is 17.2 Å². The van der Waals surface area contributed by atoms with Crippen molar-refractivity contribution in [2.24, 2.45) is 23.7 Å². The number of rotatable bonds is 20. The predicted octanol–water partition coefficient (Wildman–Crippen LogP) is 12.8. The lowest BCUT2D eigenvalue weighted by molar-refractivity contribution is -0.0866. The van der Waals surface area contributed by atoms with E-state index in [1.54, 1.807) is 0 Å². The summed E-state index contributed by atoms with van der Waals surface area (Å²) in [6, 6.07) is 3.77. The summed E-state index contributed by atoms with van der Waals surface area (Å²) >= 11 is 0. The maximum Gasteiger partial charge on any atom is 0.285 e. The van der Waals surface area contributed by atoms with Crippen LogP contribution in [-0.4, -0.2) is 31.7 Å². The lowest BCUT2D eigenvalue weighted by Gasteiger charge is -2.33. The molecule has 0 spiro atoms. The van der Waals surface area contributed by atoms with Crippen LogP contribution in [-0.2, 0) is 6.42 Å². The maximum atomic E-state index is 15.1. The second-order valence-corrected chi connectivity index (χ2v) is 14.7. The number of alkyl halides is 4. The smallest absolute Gasteiger partial charge is 0.285 e. The van der Waals surface area contributed by atoms with Gasteiger partial charge in [-0.05, 0) is 99.3 Å². The van der Waals surface area contributed by atoms with Crippen molar-refractivity contribution >= 4 is 0 Å². The topological polar surface area (TPSA) is 27.7 Å². The highest BCUT2D eigenvalue weighted by molar-refractivity contribution is 5.35. The van der Waals surface area contributed by atoms with Crippen molar-refractivity contribution in [1.82, 2.24) is 0 Å². The SMILES string of the molecule is CCCCCC1CCC(/C=C/C2CCC(C(F)(F)CCOc3ccc(CC(F)(F)COc4ccc(OCCCC)c(F)c4F)c(F)c3F)CC2)CC1. The van der Waals surface area contributed by atoms with Crippen molar-refractivity contribution in [3.05, 3.63) is 65.2 Å². The van der Waals surface area contributed by atoms with Crippen LogP contribution in [0.4, 0.5) is 35.1 Å². The first kappa shape index (κ1) is 41.8. The Bertz CT molecular complexity index is 1420. The van der Waals surface area contributed by atoms with E-state index in [2.05, 4.69) is 19.1 Å². The Morgan fingerprint density at radius 1 is 0.615 bits per heavy atom. The Balaban J connectivity index is 1.20. The van der Waals surface area contributed by atoms with Crippen LogP contribution in [0.5, 0.6) is 17.2 Å². The summed E-state index contributed by atoms with van der Waals surface area (Å²) in [7, 11) is 0.